The first-order chi connectivity index (χ1) is 10.2. The lowest BCUT2D eigenvalue weighted by Crippen LogP contribution is -2.20. The van der Waals surface area contributed by atoms with Crippen LogP contribution >= 0.6 is 15.9 Å². The van der Waals surface area contributed by atoms with E-state index in [0.717, 1.165) is 45.9 Å². The summed E-state index contributed by atoms with van der Waals surface area (Å²) in [6.07, 6.45) is 4.55. The first-order valence-electron chi connectivity index (χ1n) is 7.16. The quantitative estimate of drug-likeness (QED) is 0.763. The zero-order valence-electron chi connectivity index (χ0n) is 11.8. The van der Waals surface area contributed by atoms with E-state index in [2.05, 4.69) is 27.9 Å². The van der Waals surface area contributed by atoms with Gasteiger partial charge in [-0.3, -0.25) is 4.90 Å². The first kappa shape index (κ1) is 13.4. The zero-order chi connectivity index (χ0) is 14.6. The van der Waals surface area contributed by atoms with Crippen LogP contribution in [0.3, 0.4) is 0 Å². The molecule has 1 aliphatic rings. The summed E-state index contributed by atoms with van der Waals surface area (Å²) in [5.74, 6) is 0.538. The molecule has 2 N–H and O–H groups in total. The number of hydrogen-bond acceptors (Lipinski definition) is 4. The highest BCUT2D eigenvalue weighted by Gasteiger charge is 2.34. The summed E-state index contributed by atoms with van der Waals surface area (Å²) in [4.78, 5) is 2.37. The van der Waals surface area contributed by atoms with Gasteiger partial charge in [-0.1, -0.05) is 0 Å². The van der Waals surface area contributed by atoms with E-state index in [1.165, 1.54) is 5.56 Å². The molecular formula is C16H17BrN2O2. The molecule has 1 fully saturated rings. The minimum absolute atomic E-state index is 0.320. The molecule has 1 saturated heterocycles. The summed E-state index contributed by atoms with van der Waals surface area (Å²) in [7, 11) is 2.16. The Morgan fingerprint density at radius 3 is 2.67 bits per heavy atom. The van der Waals surface area contributed by atoms with Crippen LogP contribution in [0.25, 0.3) is 21.9 Å². The fraction of sp³-hybridized carbons (Fsp3) is 0.375. The molecule has 3 heterocycles. The average molecular weight is 349 g/mol. The van der Waals surface area contributed by atoms with Crippen molar-refractivity contribution < 1.29 is 8.83 Å². The summed E-state index contributed by atoms with van der Waals surface area (Å²) in [6, 6.07) is 4.33. The van der Waals surface area contributed by atoms with Crippen molar-refractivity contribution in [2.75, 3.05) is 20.1 Å². The Kier molecular flexibility index (Phi) is 3.10. The second kappa shape index (κ2) is 4.87. The largest absolute Gasteiger partial charge is 0.464 e. The van der Waals surface area contributed by atoms with Crippen LogP contribution in [0.15, 0.2) is 38.0 Å². The maximum absolute atomic E-state index is 5.87. The first-order valence-corrected chi connectivity index (χ1v) is 7.96. The van der Waals surface area contributed by atoms with E-state index in [4.69, 9.17) is 14.6 Å². The highest BCUT2D eigenvalue weighted by molar-refractivity contribution is 9.10. The van der Waals surface area contributed by atoms with Crippen molar-refractivity contribution in [2.45, 2.75) is 12.5 Å². The Hall–Kier alpha value is -1.30. The van der Waals surface area contributed by atoms with Crippen molar-refractivity contribution in [3.63, 3.8) is 0 Å². The third kappa shape index (κ3) is 1.88. The van der Waals surface area contributed by atoms with E-state index >= 15 is 0 Å². The van der Waals surface area contributed by atoms with Gasteiger partial charge in [0, 0.05) is 28.9 Å². The van der Waals surface area contributed by atoms with E-state index in [1.54, 1.807) is 12.5 Å². The predicted molar refractivity (Wildman–Crippen MR) is 86.2 cm³/mol. The van der Waals surface area contributed by atoms with Crippen molar-refractivity contribution in [3.05, 3.63) is 34.7 Å². The second-order valence-electron chi connectivity index (χ2n) is 5.85. The number of furan rings is 2. The zero-order valence-corrected chi connectivity index (χ0v) is 13.4. The van der Waals surface area contributed by atoms with Crippen LogP contribution in [0.1, 0.15) is 18.0 Å². The second-order valence-corrected chi connectivity index (χ2v) is 6.64. The number of nitrogens with two attached hydrogens (primary N) is 1. The van der Waals surface area contributed by atoms with Gasteiger partial charge in [-0.25, -0.2) is 0 Å². The highest BCUT2D eigenvalue weighted by atomic mass is 79.9. The summed E-state index contributed by atoms with van der Waals surface area (Å²) in [6.45, 7) is 1.76. The van der Waals surface area contributed by atoms with Gasteiger partial charge in [-0.2, -0.15) is 0 Å². The molecule has 4 nitrogen and oxygen atoms in total. The molecule has 0 radical (unpaired) electrons. The number of fused-ring (bicyclic) bond motifs is 2. The molecule has 21 heavy (non-hydrogen) atoms. The summed E-state index contributed by atoms with van der Waals surface area (Å²) >= 11 is 3.64. The van der Waals surface area contributed by atoms with E-state index in [-0.39, 0.29) is 0 Å². The number of hydrogen-bond donors (Lipinski definition) is 1. The standard InChI is InChI=1S/C16H17BrN2O2/c1-19-8-9(7-18)6-12(19)13-10-2-4-21-16(10)14(17)11-3-5-20-15(11)13/h2-5,9,12H,6-8,18H2,1H3. The SMILES string of the molecule is CN1CC(CN)CC1c1c2ccoc2c(Br)c2ccoc12. The molecule has 0 amide bonds. The summed E-state index contributed by atoms with van der Waals surface area (Å²) in [5.41, 5.74) is 8.93. The van der Waals surface area contributed by atoms with E-state index in [9.17, 15) is 0 Å². The topological polar surface area (TPSA) is 55.5 Å². The number of halogens is 1. The molecule has 5 heteroatoms. The molecule has 1 aromatic carbocycles. The predicted octanol–water partition coefficient (Wildman–Crippen LogP) is 3.89. The lowest BCUT2D eigenvalue weighted by molar-refractivity contribution is 0.315. The molecule has 4 rings (SSSR count). The number of rotatable bonds is 2. The Balaban J connectivity index is 2.00. The van der Waals surface area contributed by atoms with E-state index in [1.807, 2.05) is 12.1 Å². The number of nitrogens with zero attached hydrogens (tertiary/aromatic N) is 1. The van der Waals surface area contributed by atoms with Crippen LogP contribution in [0.4, 0.5) is 0 Å². The number of likely N-dealkylation sites (tertiary alicyclic amines) is 1. The minimum Gasteiger partial charge on any atom is -0.464 e. The van der Waals surface area contributed by atoms with Gasteiger partial charge in [0.25, 0.3) is 0 Å². The van der Waals surface area contributed by atoms with Gasteiger partial charge in [0.05, 0.1) is 17.0 Å². The number of benzene rings is 1. The van der Waals surface area contributed by atoms with Crippen LogP contribution in [-0.4, -0.2) is 25.0 Å². The summed E-state index contributed by atoms with van der Waals surface area (Å²) in [5, 5.41) is 2.19. The molecule has 1 aliphatic heterocycles. The van der Waals surface area contributed by atoms with Gasteiger partial charge in [0.15, 0.2) is 0 Å². The molecular weight excluding hydrogens is 332 g/mol. The highest BCUT2D eigenvalue weighted by Crippen LogP contribution is 2.45. The third-order valence-electron chi connectivity index (χ3n) is 4.60. The van der Waals surface area contributed by atoms with Crippen LogP contribution < -0.4 is 5.73 Å². The van der Waals surface area contributed by atoms with Gasteiger partial charge in [0.2, 0.25) is 0 Å². The normalized spacial score (nSPS) is 23.6. The van der Waals surface area contributed by atoms with E-state index in [0.29, 0.717) is 12.0 Å². The van der Waals surface area contributed by atoms with Crippen molar-refractivity contribution >= 4 is 37.9 Å². The Morgan fingerprint density at radius 1 is 1.24 bits per heavy atom. The molecule has 110 valence electrons. The Morgan fingerprint density at radius 2 is 1.95 bits per heavy atom. The maximum Gasteiger partial charge on any atom is 0.149 e. The lowest BCUT2D eigenvalue weighted by atomic mass is 9.95. The molecule has 2 unspecified atom stereocenters. The van der Waals surface area contributed by atoms with Gasteiger partial charge in [-0.15, -0.1) is 0 Å². The van der Waals surface area contributed by atoms with E-state index < -0.39 is 0 Å². The fourth-order valence-electron chi connectivity index (χ4n) is 3.57. The fourth-order valence-corrected chi connectivity index (χ4v) is 4.19. The van der Waals surface area contributed by atoms with Crippen LogP contribution in [-0.2, 0) is 0 Å². The van der Waals surface area contributed by atoms with Crippen molar-refractivity contribution in [1.82, 2.24) is 4.90 Å². The van der Waals surface area contributed by atoms with Gasteiger partial charge in [0.1, 0.15) is 11.2 Å². The van der Waals surface area contributed by atoms with Gasteiger partial charge in [-0.05, 0) is 54.0 Å². The molecule has 2 atom stereocenters. The van der Waals surface area contributed by atoms with Gasteiger partial charge >= 0.3 is 0 Å². The maximum atomic E-state index is 5.87. The molecule has 0 saturated carbocycles. The lowest BCUT2D eigenvalue weighted by Gasteiger charge is -2.21. The van der Waals surface area contributed by atoms with Crippen molar-refractivity contribution in [2.24, 2.45) is 11.7 Å². The smallest absolute Gasteiger partial charge is 0.149 e. The summed E-state index contributed by atoms with van der Waals surface area (Å²) < 4.78 is 12.5. The molecule has 2 aromatic heterocycles. The van der Waals surface area contributed by atoms with Crippen LogP contribution in [0.2, 0.25) is 0 Å². The van der Waals surface area contributed by atoms with Crippen LogP contribution in [0, 0.1) is 5.92 Å². The van der Waals surface area contributed by atoms with Crippen molar-refractivity contribution in [1.29, 1.82) is 0 Å². The minimum atomic E-state index is 0.320. The molecule has 0 bridgehead atoms. The Labute approximate surface area is 131 Å². The Bertz CT molecular complexity index is 755. The van der Waals surface area contributed by atoms with Crippen molar-refractivity contribution in [3.8, 4) is 0 Å². The van der Waals surface area contributed by atoms with Gasteiger partial charge < -0.3 is 14.6 Å². The molecule has 3 aromatic rings. The average Bonchev–Trinajstić information content (AvgIpc) is 3.19. The molecule has 0 aliphatic carbocycles. The molecule has 0 spiro atoms. The van der Waals surface area contributed by atoms with Crippen LogP contribution in [0.5, 0.6) is 0 Å². The monoisotopic (exact) mass is 348 g/mol. The third-order valence-corrected chi connectivity index (χ3v) is 5.39.